The van der Waals surface area contributed by atoms with Crippen LogP contribution in [0.15, 0.2) is 48.5 Å². The monoisotopic (exact) mass is 473 g/mol. The lowest BCUT2D eigenvalue weighted by molar-refractivity contribution is 0.103. The molecule has 4 aromatic rings. The van der Waals surface area contributed by atoms with Gasteiger partial charge in [-0.15, -0.1) is 11.3 Å². The van der Waals surface area contributed by atoms with Crippen molar-refractivity contribution in [2.24, 2.45) is 0 Å². The van der Waals surface area contributed by atoms with Crippen LogP contribution in [0.5, 0.6) is 11.5 Å². The van der Waals surface area contributed by atoms with E-state index in [4.69, 9.17) is 38.4 Å². The zero-order valence-electron chi connectivity index (χ0n) is 16.5. The van der Waals surface area contributed by atoms with Gasteiger partial charge in [-0.1, -0.05) is 23.2 Å². The molecule has 31 heavy (non-hydrogen) atoms. The minimum atomic E-state index is -0.338. The number of nitrogen functional groups attached to an aromatic ring is 1. The van der Waals surface area contributed by atoms with E-state index in [1.165, 1.54) is 18.4 Å². The van der Waals surface area contributed by atoms with Gasteiger partial charge < -0.3 is 20.5 Å². The van der Waals surface area contributed by atoms with Crippen LogP contribution >= 0.6 is 34.5 Å². The fraction of sp³-hybridized carbons (Fsp3) is 0.0909. The quantitative estimate of drug-likeness (QED) is 0.364. The van der Waals surface area contributed by atoms with E-state index in [1.807, 2.05) is 6.07 Å². The number of thiophene rings is 1. The second kappa shape index (κ2) is 8.63. The minimum absolute atomic E-state index is 0.338. The first-order chi connectivity index (χ1) is 14.9. The van der Waals surface area contributed by atoms with Gasteiger partial charge in [0.25, 0.3) is 5.91 Å². The number of aromatic nitrogens is 1. The summed E-state index contributed by atoms with van der Waals surface area (Å²) in [7, 11) is 3.08. The third-order valence-corrected chi connectivity index (χ3v) is 6.32. The van der Waals surface area contributed by atoms with Gasteiger partial charge in [0.1, 0.15) is 9.71 Å². The molecule has 0 radical (unpaired) electrons. The molecular weight excluding hydrogens is 457 g/mol. The number of hydrogen-bond donors (Lipinski definition) is 2. The van der Waals surface area contributed by atoms with Crippen LogP contribution in [-0.2, 0) is 0 Å². The van der Waals surface area contributed by atoms with Crippen LogP contribution in [0.25, 0.3) is 21.5 Å². The number of rotatable bonds is 5. The van der Waals surface area contributed by atoms with Gasteiger partial charge in [-0.25, -0.2) is 4.98 Å². The molecule has 0 aliphatic heterocycles. The van der Waals surface area contributed by atoms with E-state index in [0.29, 0.717) is 59.3 Å². The van der Waals surface area contributed by atoms with E-state index >= 15 is 0 Å². The Balaban J connectivity index is 1.67. The summed E-state index contributed by atoms with van der Waals surface area (Å²) in [4.78, 5) is 18.5. The molecule has 0 saturated heterocycles. The number of anilines is 2. The molecular formula is C22H17Cl2N3O3S. The Morgan fingerprint density at radius 3 is 2.55 bits per heavy atom. The number of benzene rings is 2. The summed E-state index contributed by atoms with van der Waals surface area (Å²) in [6.45, 7) is 0. The zero-order valence-corrected chi connectivity index (χ0v) is 18.9. The highest BCUT2D eigenvalue weighted by Gasteiger charge is 2.19. The molecule has 0 atom stereocenters. The highest BCUT2D eigenvalue weighted by molar-refractivity contribution is 7.21. The van der Waals surface area contributed by atoms with E-state index in [0.717, 1.165) is 0 Å². The maximum absolute atomic E-state index is 12.9. The van der Waals surface area contributed by atoms with Gasteiger partial charge in [-0.3, -0.25) is 4.79 Å². The maximum atomic E-state index is 12.9. The van der Waals surface area contributed by atoms with Gasteiger partial charge in [-0.05, 0) is 42.5 Å². The van der Waals surface area contributed by atoms with Crippen LogP contribution in [0.1, 0.15) is 9.67 Å². The average Bonchev–Trinajstić information content (AvgIpc) is 3.11. The molecule has 0 unspecified atom stereocenters. The van der Waals surface area contributed by atoms with Crippen molar-refractivity contribution in [1.29, 1.82) is 0 Å². The molecule has 0 aliphatic carbocycles. The van der Waals surface area contributed by atoms with Crippen molar-refractivity contribution in [2.75, 3.05) is 25.3 Å². The topological polar surface area (TPSA) is 86.5 Å². The van der Waals surface area contributed by atoms with E-state index in [2.05, 4.69) is 10.3 Å². The number of ether oxygens (including phenoxy) is 2. The molecule has 9 heteroatoms. The number of amides is 1. The van der Waals surface area contributed by atoms with E-state index in [9.17, 15) is 4.79 Å². The molecule has 6 nitrogen and oxygen atoms in total. The summed E-state index contributed by atoms with van der Waals surface area (Å²) >= 11 is 13.6. The van der Waals surface area contributed by atoms with Crippen molar-refractivity contribution in [3.8, 4) is 22.8 Å². The second-order valence-electron chi connectivity index (χ2n) is 6.54. The van der Waals surface area contributed by atoms with Crippen molar-refractivity contribution in [1.82, 2.24) is 4.98 Å². The first-order valence-corrected chi connectivity index (χ1v) is 10.7. The van der Waals surface area contributed by atoms with Crippen molar-refractivity contribution in [3.05, 3.63) is 63.5 Å². The number of hydrogen-bond acceptors (Lipinski definition) is 6. The summed E-state index contributed by atoms with van der Waals surface area (Å²) in [5, 5.41) is 4.63. The number of nitrogens with two attached hydrogens (primary N) is 1. The first kappa shape index (κ1) is 21.2. The number of halogens is 2. The Bertz CT molecular complexity index is 1310. The third-order valence-electron chi connectivity index (χ3n) is 4.65. The van der Waals surface area contributed by atoms with Crippen molar-refractivity contribution in [3.63, 3.8) is 0 Å². The van der Waals surface area contributed by atoms with Crippen molar-refractivity contribution >= 4 is 62.0 Å². The van der Waals surface area contributed by atoms with Crippen LogP contribution in [0, 0.1) is 0 Å². The van der Waals surface area contributed by atoms with Gasteiger partial charge >= 0.3 is 0 Å². The fourth-order valence-corrected chi connectivity index (χ4v) is 4.49. The standard InChI is InChI=1S/C22H17Cl2N3O3S/c1-29-17-8-4-12(10-18(17)30-2)26-21(28)20-19(25)13-5-7-16(27-22(13)31-20)14-9-11(23)3-6-15(14)24/h3-10H,25H2,1-2H3,(H,26,28). The highest BCUT2D eigenvalue weighted by atomic mass is 35.5. The lowest BCUT2D eigenvalue weighted by atomic mass is 10.1. The molecule has 0 aliphatic rings. The molecule has 1 amide bonds. The van der Waals surface area contributed by atoms with Crippen LogP contribution in [0.4, 0.5) is 11.4 Å². The first-order valence-electron chi connectivity index (χ1n) is 9.09. The Morgan fingerprint density at radius 1 is 1.03 bits per heavy atom. The van der Waals surface area contributed by atoms with Gasteiger partial charge in [-0.2, -0.15) is 0 Å². The third kappa shape index (κ3) is 4.12. The number of pyridine rings is 1. The SMILES string of the molecule is COc1ccc(NC(=O)c2sc3nc(-c4cc(Cl)ccc4Cl)ccc3c2N)cc1OC. The summed E-state index contributed by atoms with van der Waals surface area (Å²) in [5.74, 6) is 0.739. The lowest BCUT2D eigenvalue weighted by Gasteiger charge is -2.10. The Hall–Kier alpha value is -3.00. The number of carbonyl (C=O) groups excluding carboxylic acids is 1. The van der Waals surface area contributed by atoms with Gasteiger partial charge in [0.15, 0.2) is 11.5 Å². The number of nitrogens with zero attached hydrogens (tertiary/aromatic N) is 1. The Kier molecular flexibility index (Phi) is 5.91. The predicted octanol–water partition coefficient (Wildman–Crippen LogP) is 6.12. The summed E-state index contributed by atoms with van der Waals surface area (Å²) in [5.41, 5.74) is 8.53. The highest BCUT2D eigenvalue weighted by Crippen LogP contribution is 2.37. The molecule has 158 valence electrons. The van der Waals surface area contributed by atoms with E-state index in [1.54, 1.807) is 49.6 Å². The molecule has 2 heterocycles. The van der Waals surface area contributed by atoms with Crippen LogP contribution in [-0.4, -0.2) is 25.1 Å². The summed E-state index contributed by atoms with van der Waals surface area (Å²) in [6.07, 6.45) is 0. The van der Waals surface area contributed by atoms with Crippen molar-refractivity contribution in [2.45, 2.75) is 0 Å². The number of nitrogens with one attached hydrogen (secondary N) is 1. The molecule has 3 N–H and O–H groups in total. The smallest absolute Gasteiger partial charge is 0.267 e. The normalized spacial score (nSPS) is 10.8. The molecule has 4 rings (SSSR count). The van der Waals surface area contributed by atoms with Crippen LogP contribution < -0.4 is 20.5 Å². The van der Waals surface area contributed by atoms with Gasteiger partial charge in [0, 0.05) is 27.7 Å². The minimum Gasteiger partial charge on any atom is -0.493 e. The predicted molar refractivity (Wildman–Crippen MR) is 127 cm³/mol. The number of fused-ring (bicyclic) bond motifs is 1. The van der Waals surface area contributed by atoms with Gasteiger partial charge in [0.2, 0.25) is 0 Å². The molecule has 0 fully saturated rings. The summed E-state index contributed by atoms with van der Waals surface area (Å²) < 4.78 is 10.5. The second-order valence-corrected chi connectivity index (χ2v) is 8.38. The van der Waals surface area contributed by atoms with Gasteiger partial charge in [0.05, 0.1) is 30.6 Å². The molecule has 0 bridgehead atoms. The Labute approximate surface area is 192 Å². The number of carbonyl (C=O) groups is 1. The Morgan fingerprint density at radius 2 is 1.81 bits per heavy atom. The average molecular weight is 474 g/mol. The summed E-state index contributed by atoms with van der Waals surface area (Å²) in [6, 6.07) is 13.9. The molecule has 2 aromatic carbocycles. The molecule has 0 saturated carbocycles. The largest absolute Gasteiger partial charge is 0.493 e. The fourth-order valence-electron chi connectivity index (χ4n) is 3.11. The zero-order chi connectivity index (χ0) is 22.1. The van der Waals surface area contributed by atoms with Crippen LogP contribution in [0.3, 0.4) is 0 Å². The number of methoxy groups -OCH3 is 2. The molecule has 0 spiro atoms. The van der Waals surface area contributed by atoms with E-state index in [-0.39, 0.29) is 5.91 Å². The molecule has 2 aromatic heterocycles. The van der Waals surface area contributed by atoms with Crippen molar-refractivity contribution < 1.29 is 14.3 Å². The van der Waals surface area contributed by atoms with E-state index < -0.39 is 0 Å². The lowest BCUT2D eigenvalue weighted by Crippen LogP contribution is -2.12. The maximum Gasteiger partial charge on any atom is 0.267 e. The van der Waals surface area contributed by atoms with Crippen LogP contribution in [0.2, 0.25) is 10.0 Å².